The minimum absolute atomic E-state index is 0.181. The predicted molar refractivity (Wildman–Crippen MR) is 94.9 cm³/mol. The first kappa shape index (κ1) is 18.2. The number of methoxy groups -OCH3 is 1. The van der Waals surface area contributed by atoms with Gasteiger partial charge in [0, 0.05) is 39.2 Å². The van der Waals surface area contributed by atoms with Crippen LogP contribution in [0.25, 0.3) is 11.2 Å². The summed E-state index contributed by atoms with van der Waals surface area (Å²) in [5.74, 6) is -1.15. The molecule has 1 aliphatic heterocycles. The number of likely N-dealkylation sites (tertiary alicyclic amines) is 1. The van der Waals surface area contributed by atoms with E-state index in [0.717, 1.165) is 10.6 Å². The summed E-state index contributed by atoms with van der Waals surface area (Å²) >= 11 is 0. The van der Waals surface area contributed by atoms with Crippen LogP contribution in [0.15, 0.2) is 29.2 Å². The van der Waals surface area contributed by atoms with Crippen molar-refractivity contribution in [3.8, 4) is 0 Å². The van der Waals surface area contributed by atoms with Crippen molar-refractivity contribution in [1.82, 2.24) is 24.0 Å². The number of fused-ring (bicyclic) bond motifs is 1. The van der Waals surface area contributed by atoms with E-state index in [1.807, 2.05) is 0 Å². The minimum atomic E-state index is -0.649. The van der Waals surface area contributed by atoms with Gasteiger partial charge in [0.05, 0.1) is 6.20 Å². The van der Waals surface area contributed by atoms with Gasteiger partial charge in [0.2, 0.25) is 0 Å². The second kappa shape index (κ2) is 6.79. The molecule has 0 bridgehead atoms. The number of aromatic nitrogens is 4. The Morgan fingerprint density at radius 2 is 2.07 bits per heavy atom. The summed E-state index contributed by atoms with van der Waals surface area (Å²) < 4.78 is 34.2. The van der Waals surface area contributed by atoms with Crippen LogP contribution >= 0.6 is 0 Å². The summed E-state index contributed by atoms with van der Waals surface area (Å²) in [6.45, 7) is 0.639. The second-order valence-electron chi connectivity index (χ2n) is 6.66. The minimum Gasteiger partial charge on any atom is -0.377 e. The molecule has 1 fully saturated rings. The van der Waals surface area contributed by atoms with Crippen molar-refractivity contribution in [3.05, 3.63) is 57.9 Å². The van der Waals surface area contributed by atoms with E-state index in [-0.39, 0.29) is 31.1 Å². The first-order valence-electron chi connectivity index (χ1n) is 8.57. The van der Waals surface area contributed by atoms with E-state index in [1.165, 1.54) is 42.0 Å². The van der Waals surface area contributed by atoms with Gasteiger partial charge in [0.1, 0.15) is 23.8 Å². The van der Waals surface area contributed by atoms with Crippen LogP contribution in [0.2, 0.25) is 0 Å². The van der Waals surface area contributed by atoms with Gasteiger partial charge in [-0.1, -0.05) is 6.07 Å². The molecular weight excluding hydrogens is 372 g/mol. The van der Waals surface area contributed by atoms with E-state index >= 15 is 0 Å². The normalized spacial score (nSPS) is 14.5. The maximum atomic E-state index is 13.9. The molecule has 10 heteroatoms. The first-order chi connectivity index (χ1) is 13.4. The highest BCUT2D eigenvalue weighted by Crippen LogP contribution is 2.30. The first-order valence-corrected chi connectivity index (χ1v) is 8.57. The Kier molecular flexibility index (Phi) is 4.42. The molecule has 1 aliphatic rings. The van der Waals surface area contributed by atoms with Crippen LogP contribution in [0.4, 0.5) is 13.6 Å². The molecule has 0 saturated carbocycles. The molecule has 0 N–H and O–H groups in total. The number of hydrogen-bond acceptors (Lipinski definition) is 5. The maximum absolute atomic E-state index is 13.9. The lowest BCUT2D eigenvalue weighted by atomic mass is 9.91. The topological polar surface area (TPSA) is 82.2 Å². The zero-order chi connectivity index (χ0) is 20.0. The Balaban J connectivity index is 1.60. The van der Waals surface area contributed by atoms with Crippen molar-refractivity contribution in [1.29, 1.82) is 0 Å². The van der Waals surface area contributed by atoms with Gasteiger partial charge in [0.25, 0.3) is 0 Å². The molecule has 0 aliphatic carbocycles. The van der Waals surface area contributed by atoms with Crippen LogP contribution in [-0.2, 0) is 18.4 Å². The number of benzene rings is 1. The number of aryl methyl sites for hydroxylation is 1. The smallest absolute Gasteiger partial charge is 0.338 e. The van der Waals surface area contributed by atoms with Crippen molar-refractivity contribution in [2.24, 2.45) is 7.05 Å². The standard InChI is InChI=1S/C18H17F2N5O3/c1-23-16-14(6-21-15(22-16)9-28-2)25(17(23)26)18(27)24-7-10(8-24)12-4-3-11(19)5-13(12)20/h3-6,10H,7-9H2,1-2H3. The van der Waals surface area contributed by atoms with E-state index in [9.17, 15) is 18.4 Å². The number of nitrogens with zero attached hydrogens (tertiary/aromatic N) is 5. The number of halogens is 2. The van der Waals surface area contributed by atoms with Crippen LogP contribution in [0.5, 0.6) is 0 Å². The fraction of sp³-hybridized carbons (Fsp3) is 0.333. The molecule has 1 amide bonds. The average molecular weight is 389 g/mol. The highest BCUT2D eigenvalue weighted by atomic mass is 19.1. The lowest BCUT2D eigenvalue weighted by Crippen LogP contribution is -2.52. The molecule has 146 valence electrons. The third kappa shape index (κ3) is 2.85. The number of imidazole rings is 1. The van der Waals surface area contributed by atoms with Gasteiger partial charge in [-0.15, -0.1) is 0 Å². The Labute approximate surface area is 158 Å². The molecule has 0 atom stereocenters. The molecule has 1 saturated heterocycles. The summed E-state index contributed by atoms with van der Waals surface area (Å²) in [6.07, 6.45) is 1.41. The predicted octanol–water partition coefficient (Wildman–Crippen LogP) is 1.62. The zero-order valence-electron chi connectivity index (χ0n) is 15.2. The van der Waals surface area contributed by atoms with Gasteiger partial charge < -0.3 is 9.64 Å². The van der Waals surface area contributed by atoms with Crippen LogP contribution in [0.3, 0.4) is 0 Å². The molecule has 0 unspecified atom stereocenters. The Morgan fingerprint density at radius 3 is 2.75 bits per heavy atom. The Hall–Kier alpha value is -3.14. The number of amides is 1. The summed E-state index contributed by atoms with van der Waals surface area (Å²) in [5.41, 5.74) is 0.416. The van der Waals surface area contributed by atoms with Gasteiger partial charge in [-0.25, -0.2) is 32.9 Å². The molecule has 8 nitrogen and oxygen atoms in total. The quantitative estimate of drug-likeness (QED) is 0.680. The van der Waals surface area contributed by atoms with Gasteiger partial charge in [-0.3, -0.25) is 4.57 Å². The largest absolute Gasteiger partial charge is 0.377 e. The van der Waals surface area contributed by atoms with Crippen molar-refractivity contribution < 1.29 is 18.3 Å². The van der Waals surface area contributed by atoms with Crippen molar-refractivity contribution in [2.75, 3.05) is 20.2 Å². The molecule has 2 aromatic heterocycles. The van der Waals surface area contributed by atoms with Gasteiger partial charge in [0.15, 0.2) is 11.5 Å². The monoisotopic (exact) mass is 389 g/mol. The third-order valence-corrected chi connectivity index (χ3v) is 4.86. The summed E-state index contributed by atoms with van der Waals surface area (Å²) in [7, 11) is 3.02. The average Bonchev–Trinajstić information content (AvgIpc) is 2.86. The lowest BCUT2D eigenvalue weighted by Gasteiger charge is -2.39. The molecule has 0 radical (unpaired) electrons. The third-order valence-electron chi connectivity index (χ3n) is 4.86. The van der Waals surface area contributed by atoms with Crippen molar-refractivity contribution in [3.63, 3.8) is 0 Å². The molecule has 4 rings (SSSR count). The lowest BCUT2D eigenvalue weighted by molar-refractivity contribution is 0.151. The van der Waals surface area contributed by atoms with Crippen LogP contribution in [0, 0.1) is 11.6 Å². The number of rotatable bonds is 3. The molecule has 1 aromatic carbocycles. The van der Waals surface area contributed by atoms with E-state index in [1.54, 1.807) is 0 Å². The molecule has 0 spiro atoms. The van der Waals surface area contributed by atoms with Crippen LogP contribution in [-0.4, -0.2) is 50.2 Å². The molecule has 3 heterocycles. The van der Waals surface area contributed by atoms with Crippen molar-refractivity contribution in [2.45, 2.75) is 12.5 Å². The maximum Gasteiger partial charge on any atom is 0.338 e. The van der Waals surface area contributed by atoms with Crippen LogP contribution in [0.1, 0.15) is 17.3 Å². The van der Waals surface area contributed by atoms with Crippen LogP contribution < -0.4 is 5.69 Å². The molecular formula is C18H17F2N5O3. The zero-order valence-corrected chi connectivity index (χ0v) is 15.2. The Morgan fingerprint density at radius 1 is 1.32 bits per heavy atom. The van der Waals surface area contributed by atoms with E-state index in [0.29, 0.717) is 17.0 Å². The summed E-state index contributed by atoms with van der Waals surface area (Å²) in [6, 6.07) is 2.86. The van der Waals surface area contributed by atoms with E-state index in [2.05, 4.69) is 9.97 Å². The highest BCUT2D eigenvalue weighted by molar-refractivity contribution is 5.88. The van der Waals surface area contributed by atoms with E-state index in [4.69, 9.17) is 4.74 Å². The number of carbonyl (C=O) groups is 1. The SMILES string of the molecule is COCc1ncc2c(n1)n(C)c(=O)n2C(=O)N1CC(c2ccc(F)cc2F)C1. The van der Waals surface area contributed by atoms with Gasteiger partial charge in [-0.2, -0.15) is 0 Å². The summed E-state index contributed by atoms with van der Waals surface area (Å²) in [5, 5.41) is 0. The van der Waals surface area contributed by atoms with Gasteiger partial charge in [-0.05, 0) is 11.6 Å². The number of hydrogen-bond donors (Lipinski definition) is 0. The fourth-order valence-electron chi connectivity index (χ4n) is 3.34. The second-order valence-corrected chi connectivity index (χ2v) is 6.66. The number of carbonyl (C=O) groups excluding carboxylic acids is 1. The highest BCUT2D eigenvalue weighted by Gasteiger charge is 2.35. The van der Waals surface area contributed by atoms with Crippen molar-refractivity contribution >= 4 is 17.2 Å². The summed E-state index contributed by atoms with van der Waals surface area (Å²) in [4.78, 5) is 35.2. The van der Waals surface area contributed by atoms with Gasteiger partial charge >= 0.3 is 11.7 Å². The number of ether oxygens (including phenoxy) is 1. The van der Waals surface area contributed by atoms with E-state index < -0.39 is 23.4 Å². The molecule has 28 heavy (non-hydrogen) atoms. The fourth-order valence-corrected chi connectivity index (χ4v) is 3.34. The molecule has 3 aromatic rings. The Bertz CT molecular complexity index is 1130.